The molecule has 0 aliphatic heterocycles. The molecule has 0 N–H and O–H groups in total. The highest BCUT2D eigenvalue weighted by Gasteiger charge is 2.21. The van der Waals surface area contributed by atoms with Crippen LogP contribution in [0.1, 0.15) is 17.3 Å². The molecule has 1 unspecified atom stereocenters. The third kappa shape index (κ3) is 3.51. The first-order valence-electron chi connectivity index (χ1n) is 7.17. The first kappa shape index (κ1) is 16.3. The van der Waals surface area contributed by atoms with Gasteiger partial charge < -0.3 is 0 Å². The van der Waals surface area contributed by atoms with Gasteiger partial charge in [0.15, 0.2) is 5.78 Å². The molecule has 1 aromatic heterocycles. The van der Waals surface area contributed by atoms with E-state index in [4.69, 9.17) is 0 Å². The summed E-state index contributed by atoms with van der Waals surface area (Å²) in [6.07, 6.45) is 1.55. The van der Waals surface area contributed by atoms with E-state index in [-0.39, 0.29) is 5.56 Å². The lowest BCUT2D eigenvalue weighted by atomic mass is 10.1. The molecule has 0 aliphatic carbocycles. The van der Waals surface area contributed by atoms with Gasteiger partial charge >= 0.3 is 0 Å². The average Bonchev–Trinajstić information content (AvgIpc) is 3.03. The van der Waals surface area contributed by atoms with Crippen LogP contribution in [0, 0.1) is 11.6 Å². The molecule has 0 saturated carbocycles. The third-order valence-electron chi connectivity index (χ3n) is 3.34. The number of nitrogens with zero attached hydrogens (tertiary/aromatic N) is 3. The number of Topliss-reactive ketones (excluding diaryl/α,β-unsaturated/α-hetero) is 1. The van der Waals surface area contributed by atoms with Crippen LogP contribution in [0.4, 0.5) is 8.78 Å². The van der Waals surface area contributed by atoms with E-state index in [0.717, 1.165) is 29.6 Å². The van der Waals surface area contributed by atoms with Gasteiger partial charge in [0.25, 0.3) is 0 Å². The molecule has 122 valence electrons. The number of hydrogen-bond acceptors (Lipinski definition) is 4. The summed E-state index contributed by atoms with van der Waals surface area (Å²) in [6.45, 7) is 1.64. The Bertz CT molecular complexity index is 867. The predicted molar refractivity (Wildman–Crippen MR) is 87.4 cm³/mol. The largest absolute Gasteiger partial charge is 0.293 e. The van der Waals surface area contributed by atoms with Crippen molar-refractivity contribution in [2.75, 3.05) is 0 Å². The maximum absolute atomic E-state index is 13.7. The van der Waals surface area contributed by atoms with Crippen LogP contribution in [-0.2, 0) is 0 Å². The van der Waals surface area contributed by atoms with E-state index in [9.17, 15) is 13.6 Å². The van der Waals surface area contributed by atoms with Gasteiger partial charge in [0, 0.05) is 6.07 Å². The number of carbonyl (C=O) groups is 1. The molecule has 0 aliphatic rings. The Kier molecular flexibility index (Phi) is 4.71. The summed E-state index contributed by atoms with van der Waals surface area (Å²) in [4.78, 5) is 16.5. The van der Waals surface area contributed by atoms with Crippen molar-refractivity contribution in [3.05, 3.63) is 72.1 Å². The first-order chi connectivity index (χ1) is 11.5. The highest BCUT2D eigenvalue weighted by molar-refractivity contribution is 8.00. The highest BCUT2D eigenvalue weighted by atomic mass is 32.2. The van der Waals surface area contributed by atoms with E-state index in [1.807, 2.05) is 30.3 Å². The molecule has 0 bridgehead atoms. The van der Waals surface area contributed by atoms with Gasteiger partial charge in [0.1, 0.15) is 18.0 Å². The van der Waals surface area contributed by atoms with Crippen molar-refractivity contribution < 1.29 is 13.6 Å². The molecule has 3 aromatic rings. The van der Waals surface area contributed by atoms with Crippen molar-refractivity contribution in [3.8, 4) is 5.69 Å². The van der Waals surface area contributed by atoms with Gasteiger partial charge in [-0.05, 0) is 31.2 Å². The second-order valence-electron chi connectivity index (χ2n) is 5.06. The van der Waals surface area contributed by atoms with Crippen molar-refractivity contribution in [1.29, 1.82) is 0 Å². The molecular formula is C17H13F2N3OS. The molecule has 0 fully saturated rings. The summed E-state index contributed by atoms with van der Waals surface area (Å²) in [7, 11) is 0. The molecule has 1 heterocycles. The number of hydrogen-bond donors (Lipinski definition) is 0. The number of carbonyl (C=O) groups excluding carboxylic acids is 1. The van der Waals surface area contributed by atoms with E-state index in [2.05, 4.69) is 10.1 Å². The Morgan fingerprint density at radius 3 is 2.62 bits per heavy atom. The molecule has 0 radical (unpaired) electrons. The number of aromatic nitrogens is 3. The Labute approximate surface area is 141 Å². The van der Waals surface area contributed by atoms with Gasteiger partial charge in [0.2, 0.25) is 5.16 Å². The zero-order valence-electron chi connectivity index (χ0n) is 12.7. The fourth-order valence-corrected chi connectivity index (χ4v) is 2.92. The number of halogens is 2. The van der Waals surface area contributed by atoms with Gasteiger partial charge in [-0.2, -0.15) is 0 Å². The maximum atomic E-state index is 13.7. The summed E-state index contributed by atoms with van der Waals surface area (Å²) >= 11 is 1.12. The Morgan fingerprint density at radius 1 is 1.17 bits per heavy atom. The summed E-state index contributed by atoms with van der Waals surface area (Å²) in [5.74, 6) is -2.02. The molecular weight excluding hydrogens is 332 g/mol. The molecule has 3 rings (SSSR count). The van der Waals surface area contributed by atoms with Crippen LogP contribution in [0.3, 0.4) is 0 Å². The monoisotopic (exact) mass is 345 g/mol. The quantitative estimate of drug-likeness (QED) is 0.520. The highest BCUT2D eigenvalue weighted by Crippen LogP contribution is 2.24. The van der Waals surface area contributed by atoms with Crippen LogP contribution >= 0.6 is 11.8 Å². The minimum Gasteiger partial charge on any atom is -0.293 e. The lowest BCUT2D eigenvalue weighted by Crippen LogP contribution is -2.15. The molecule has 0 spiro atoms. The number of ketones is 1. The zero-order valence-corrected chi connectivity index (χ0v) is 13.5. The first-order valence-corrected chi connectivity index (χ1v) is 8.05. The number of rotatable bonds is 5. The van der Waals surface area contributed by atoms with Crippen LogP contribution < -0.4 is 0 Å². The lowest BCUT2D eigenvalue weighted by molar-refractivity contribution is 0.0990. The van der Waals surface area contributed by atoms with Gasteiger partial charge in [-0.1, -0.05) is 30.0 Å². The lowest BCUT2D eigenvalue weighted by Gasteiger charge is -2.08. The molecule has 7 heteroatoms. The number of thioether (sulfide) groups is 1. The molecule has 2 aromatic carbocycles. The number of benzene rings is 2. The van der Waals surface area contributed by atoms with E-state index in [1.54, 1.807) is 17.9 Å². The van der Waals surface area contributed by atoms with Crippen LogP contribution in [0.25, 0.3) is 5.69 Å². The Hall–Kier alpha value is -2.54. The van der Waals surface area contributed by atoms with Gasteiger partial charge in [0.05, 0.1) is 16.5 Å². The maximum Gasteiger partial charge on any atom is 0.209 e. The zero-order chi connectivity index (χ0) is 17.1. The molecule has 1 atom stereocenters. The minimum atomic E-state index is -0.866. The van der Waals surface area contributed by atoms with Crippen molar-refractivity contribution in [3.63, 3.8) is 0 Å². The van der Waals surface area contributed by atoms with Gasteiger partial charge in [-0.25, -0.2) is 18.4 Å². The summed E-state index contributed by atoms with van der Waals surface area (Å²) in [5.41, 5.74) is 0.708. The predicted octanol–water partition coefficient (Wildman–Crippen LogP) is 3.91. The average molecular weight is 345 g/mol. The number of para-hydroxylation sites is 1. The summed E-state index contributed by atoms with van der Waals surface area (Å²) < 4.78 is 28.3. The van der Waals surface area contributed by atoms with Crippen molar-refractivity contribution >= 4 is 17.5 Å². The Balaban J connectivity index is 1.74. The second-order valence-corrected chi connectivity index (χ2v) is 6.36. The van der Waals surface area contributed by atoms with Crippen LogP contribution in [0.5, 0.6) is 0 Å². The normalized spacial score (nSPS) is 12.1. The van der Waals surface area contributed by atoms with Crippen LogP contribution in [0.2, 0.25) is 0 Å². The topological polar surface area (TPSA) is 47.8 Å². The van der Waals surface area contributed by atoms with E-state index in [0.29, 0.717) is 11.2 Å². The molecule has 0 saturated heterocycles. The van der Waals surface area contributed by atoms with Crippen molar-refractivity contribution in [2.45, 2.75) is 17.3 Å². The molecule has 24 heavy (non-hydrogen) atoms. The fourth-order valence-electron chi connectivity index (χ4n) is 2.13. The summed E-state index contributed by atoms with van der Waals surface area (Å²) in [5, 5.41) is 4.10. The van der Waals surface area contributed by atoms with Gasteiger partial charge in [-0.3, -0.25) is 4.79 Å². The van der Waals surface area contributed by atoms with E-state index < -0.39 is 22.7 Å². The minimum absolute atomic E-state index is 0.140. The SMILES string of the molecule is CC(Sc1ncn(-c2ccccc2)n1)C(=O)c1ccc(F)cc1F. The third-order valence-corrected chi connectivity index (χ3v) is 4.31. The smallest absolute Gasteiger partial charge is 0.209 e. The fraction of sp³-hybridized carbons (Fsp3) is 0.118. The second kappa shape index (κ2) is 6.92. The Morgan fingerprint density at radius 2 is 1.92 bits per heavy atom. The molecule has 0 amide bonds. The van der Waals surface area contributed by atoms with Crippen molar-refractivity contribution in [2.24, 2.45) is 0 Å². The standard InChI is InChI=1S/C17H13F2N3OS/c1-11(16(23)14-8-7-12(18)9-15(14)19)24-17-20-10-22(21-17)13-5-3-2-4-6-13/h2-11H,1H3. The van der Waals surface area contributed by atoms with Crippen molar-refractivity contribution in [1.82, 2.24) is 14.8 Å². The van der Waals surface area contributed by atoms with E-state index >= 15 is 0 Å². The van der Waals surface area contributed by atoms with E-state index in [1.165, 1.54) is 0 Å². The van der Waals surface area contributed by atoms with Crippen LogP contribution in [0.15, 0.2) is 60.0 Å². The van der Waals surface area contributed by atoms with Crippen LogP contribution in [-0.4, -0.2) is 25.8 Å². The van der Waals surface area contributed by atoms with Gasteiger partial charge in [-0.15, -0.1) is 5.10 Å². The molecule has 4 nitrogen and oxygen atoms in total. The summed E-state index contributed by atoms with van der Waals surface area (Å²) in [6, 6.07) is 12.3.